The molecule has 9 heteroatoms. The second kappa shape index (κ2) is 5.63. The third kappa shape index (κ3) is 3.14. The molecule has 3 aliphatic heterocycles. The van der Waals surface area contributed by atoms with Crippen LogP contribution in [0.15, 0.2) is 0 Å². The smallest absolute Gasteiger partial charge is 0.325 e. The normalized spacial score (nSPS) is 40.5. The van der Waals surface area contributed by atoms with E-state index in [1.807, 2.05) is 0 Å². The van der Waals surface area contributed by atoms with Crippen LogP contribution in [0.1, 0.15) is 34.6 Å². The lowest BCUT2D eigenvalue weighted by atomic mass is 9.98. The van der Waals surface area contributed by atoms with E-state index in [9.17, 15) is 9.59 Å². The SMILES string of the molecule is CC(NC(=O)[C@H]1O[C@@H]2OC(C)(C)O[C@@H]2[C@H]2OC(C)(C)O[C@H]21)C(=O)O. The van der Waals surface area contributed by atoms with Crippen molar-refractivity contribution in [2.24, 2.45) is 0 Å². The maximum absolute atomic E-state index is 12.5. The molecule has 3 rings (SSSR count). The summed E-state index contributed by atoms with van der Waals surface area (Å²) < 4.78 is 29.0. The van der Waals surface area contributed by atoms with Crippen LogP contribution in [0, 0.1) is 0 Å². The molecule has 0 saturated carbocycles. The predicted molar refractivity (Wildman–Crippen MR) is 77.8 cm³/mol. The van der Waals surface area contributed by atoms with Crippen molar-refractivity contribution in [3.8, 4) is 0 Å². The van der Waals surface area contributed by atoms with Gasteiger partial charge < -0.3 is 34.1 Å². The molecule has 3 fully saturated rings. The summed E-state index contributed by atoms with van der Waals surface area (Å²) in [6.07, 6.45) is -3.67. The first kappa shape index (κ1) is 17.6. The van der Waals surface area contributed by atoms with Crippen molar-refractivity contribution in [3.05, 3.63) is 0 Å². The lowest BCUT2D eigenvalue weighted by molar-refractivity contribution is -0.231. The molecule has 0 aromatic carbocycles. The van der Waals surface area contributed by atoms with Crippen LogP contribution >= 0.6 is 0 Å². The minimum atomic E-state index is -1.14. The Hall–Kier alpha value is -1.26. The highest BCUT2D eigenvalue weighted by Gasteiger charge is 2.62. The summed E-state index contributed by atoms with van der Waals surface area (Å²) in [7, 11) is 0. The van der Waals surface area contributed by atoms with Gasteiger partial charge in [-0.3, -0.25) is 9.59 Å². The van der Waals surface area contributed by atoms with Crippen LogP contribution in [0.5, 0.6) is 0 Å². The zero-order valence-corrected chi connectivity index (χ0v) is 14.3. The minimum Gasteiger partial charge on any atom is -0.480 e. The molecule has 0 radical (unpaired) electrons. The fourth-order valence-corrected chi connectivity index (χ4v) is 3.18. The van der Waals surface area contributed by atoms with Crippen molar-refractivity contribution < 1.29 is 38.4 Å². The van der Waals surface area contributed by atoms with E-state index >= 15 is 0 Å². The molecule has 6 atom stereocenters. The number of carboxylic acid groups (broad SMARTS) is 1. The second-order valence-corrected chi connectivity index (χ2v) is 7.16. The molecule has 2 N–H and O–H groups in total. The largest absolute Gasteiger partial charge is 0.480 e. The van der Waals surface area contributed by atoms with Gasteiger partial charge in [0.15, 0.2) is 24.0 Å². The van der Waals surface area contributed by atoms with E-state index in [2.05, 4.69) is 5.32 Å². The number of amides is 1. The number of carbonyl (C=O) groups is 2. The number of carboxylic acids is 1. The monoisotopic (exact) mass is 345 g/mol. The summed E-state index contributed by atoms with van der Waals surface area (Å²) in [5, 5.41) is 11.4. The van der Waals surface area contributed by atoms with Gasteiger partial charge in [-0.1, -0.05) is 0 Å². The maximum Gasteiger partial charge on any atom is 0.325 e. The number of hydrogen-bond donors (Lipinski definition) is 2. The minimum absolute atomic E-state index is 0.535. The Kier molecular flexibility index (Phi) is 4.12. The fourth-order valence-electron chi connectivity index (χ4n) is 3.18. The van der Waals surface area contributed by atoms with Crippen molar-refractivity contribution in [1.82, 2.24) is 5.32 Å². The van der Waals surface area contributed by atoms with E-state index < -0.39 is 60.2 Å². The Bertz CT molecular complexity index is 548. The van der Waals surface area contributed by atoms with Crippen molar-refractivity contribution in [1.29, 1.82) is 0 Å². The second-order valence-electron chi connectivity index (χ2n) is 7.16. The average molecular weight is 345 g/mol. The first-order chi connectivity index (χ1) is 11.0. The predicted octanol–water partition coefficient (Wildman–Crippen LogP) is -0.0278. The molecule has 0 aromatic rings. The third-order valence-electron chi connectivity index (χ3n) is 4.14. The summed E-state index contributed by atoms with van der Waals surface area (Å²) in [5.74, 6) is -3.52. The summed E-state index contributed by atoms with van der Waals surface area (Å²) in [4.78, 5) is 23.4. The zero-order chi connectivity index (χ0) is 17.9. The van der Waals surface area contributed by atoms with E-state index in [4.69, 9.17) is 28.8 Å². The lowest BCUT2D eigenvalue weighted by Crippen LogP contribution is -2.60. The van der Waals surface area contributed by atoms with Crippen LogP contribution < -0.4 is 5.32 Å². The molecule has 1 amide bonds. The summed E-state index contributed by atoms with van der Waals surface area (Å²) in [5.41, 5.74) is 0. The van der Waals surface area contributed by atoms with E-state index in [0.29, 0.717) is 0 Å². The van der Waals surface area contributed by atoms with Gasteiger partial charge >= 0.3 is 5.97 Å². The van der Waals surface area contributed by atoms with Gasteiger partial charge in [0.2, 0.25) is 0 Å². The van der Waals surface area contributed by atoms with E-state index in [-0.39, 0.29) is 0 Å². The van der Waals surface area contributed by atoms with Gasteiger partial charge in [0.1, 0.15) is 24.4 Å². The highest BCUT2D eigenvalue weighted by molar-refractivity contribution is 5.86. The molecule has 1 unspecified atom stereocenters. The van der Waals surface area contributed by atoms with Crippen molar-refractivity contribution in [2.45, 2.75) is 82.9 Å². The number of carbonyl (C=O) groups excluding carboxylic acids is 1. The molecule has 3 aliphatic rings. The highest BCUT2D eigenvalue weighted by Crippen LogP contribution is 2.44. The molecule has 0 aromatic heterocycles. The van der Waals surface area contributed by atoms with Gasteiger partial charge in [-0.05, 0) is 34.6 Å². The van der Waals surface area contributed by atoms with Gasteiger partial charge in [0.05, 0.1) is 0 Å². The third-order valence-corrected chi connectivity index (χ3v) is 4.14. The lowest BCUT2D eigenvalue weighted by Gasteiger charge is -2.36. The van der Waals surface area contributed by atoms with Crippen LogP contribution in [-0.2, 0) is 33.3 Å². The quantitative estimate of drug-likeness (QED) is 0.733. The molecule has 136 valence electrons. The topological polar surface area (TPSA) is 113 Å². The molecule has 24 heavy (non-hydrogen) atoms. The number of ether oxygens (including phenoxy) is 5. The average Bonchev–Trinajstić information content (AvgIpc) is 2.91. The number of aliphatic carboxylic acids is 1. The van der Waals surface area contributed by atoms with Gasteiger partial charge in [-0.15, -0.1) is 0 Å². The first-order valence-electron chi connectivity index (χ1n) is 7.89. The van der Waals surface area contributed by atoms with Crippen molar-refractivity contribution in [2.75, 3.05) is 0 Å². The van der Waals surface area contributed by atoms with Gasteiger partial charge in [-0.2, -0.15) is 0 Å². The Morgan fingerprint density at radius 3 is 2.12 bits per heavy atom. The van der Waals surface area contributed by atoms with Crippen molar-refractivity contribution >= 4 is 11.9 Å². The highest BCUT2D eigenvalue weighted by atomic mass is 16.9. The maximum atomic E-state index is 12.5. The van der Waals surface area contributed by atoms with Crippen LogP contribution in [0.25, 0.3) is 0 Å². The number of hydrogen-bond acceptors (Lipinski definition) is 7. The summed E-state index contributed by atoms with van der Waals surface area (Å²) in [6.45, 7) is 8.32. The van der Waals surface area contributed by atoms with Gasteiger partial charge in [0, 0.05) is 0 Å². The molecular weight excluding hydrogens is 322 g/mol. The number of fused-ring (bicyclic) bond motifs is 3. The summed E-state index contributed by atoms with van der Waals surface area (Å²) in [6, 6.07) is -1.05. The Balaban J connectivity index is 1.82. The number of rotatable bonds is 3. The molecule has 0 bridgehead atoms. The molecule has 9 nitrogen and oxygen atoms in total. The van der Waals surface area contributed by atoms with Crippen LogP contribution in [0.4, 0.5) is 0 Å². The van der Waals surface area contributed by atoms with E-state index in [1.165, 1.54) is 6.92 Å². The summed E-state index contributed by atoms with van der Waals surface area (Å²) >= 11 is 0. The Morgan fingerprint density at radius 2 is 1.50 bits per heavy atom. The molecule has 3 heterocycles. The zero-order valence-electron chi connectivity index (χ0n) is 14.3. The van der Waals surface area contributed by atoms with E-state index in [1.54, 1.807) is 27.7 Å². The molecule has 0 spiro atoms. The van der Waals surface area contributed by atoms with Gasteiger partial charge in [0.25, 0.3) is 5.91 Å². The first-order valence-corrected chi connectivity index (χ1v) is 7.89. The number of nitrogens with one attached hydrogen (secondary N) is 1. The van der Waals surface area contributed by atoms with Crippen LogP contribution in [0.2, 0.25) is 0 Å². The molecule has 0 aliphatic carbocycles. The fraction of sp³-hybridized carbons (Fsp3) is 0.867. The van der Waals surface area contributed by atoms with Gasteiger partial charge in [-0.25, -0.2) is 0 Å². The standard InChI is InChI=1S/C15H23NO8/c1-6(12(18)19)16-11(17)9-7-8(22-14(2,3)21-7)10-13(20-9)24-15(4,5)23-10/h6-10,13H,1-5H3,(H,16,17)(H,18,19)/t6?,7-,8+,9+,10-,13-/m1/s1. The van der Waals surface area contributed by atoms with Crippen LogP contribution in [0.3, 0.4) is 0 Å². The van der Waals surface area contributed by atoms with Crippen molar-refractivity contribution in [3.63, 3.8) is 0 Å². The molecular formula is C15H23NO8. The van der Waals surface area contributed by atoms with E-state index in [0.717, 1.165) is 0 Å². The Morgan fingerprint density at radius 1 is 0.958 bits per heavy atom. The molecule has 3 saturated heterocycles. The Labute approximate surface area is 139 Å². The van der Waals surface area contributed by atoms with Crippen LogP contribution in [-0.4, -0.2) is 65.3 Å².